The molecule has 0 aliphatic rings. The molecule has 0 atom stereocenters. The van der Waals surface area contributed by atoms with Crippen molar-refractivity contribution in [1.82, 2.24) is 0 Å². The number of para-hydroxylation sites is 1. The molecule has 84 valence electrons. The summed E-state index contributed by atoms with van der Waals surface area (Å²) in [6, 6.07) is 11.5. The standard InChI is InChI=1S/C12H11BrO2S/c13-12-6-5-10(16-12)8-15-11-4-2-1-3-9(11)7-14/h1-6,14H,7-8H2. The first kappa shape index (κ1) is 11.6. The SMILES string of the molecule is OCc1ccccc1OCc1ccc(Br)s1. The molecule has 2 aromatic rings. The van der Waals surface area contributed by atoms with Crippen molar-refractivity contribution in [3.8, 4) is 5.75 Å². The lowest BCUT2D eigenvalue weighted by molar-refractivity contribution is 0.260. The van der Waals surface area contributed by atoms with Gasteiger partial charge in [0, 0.05) is 10.4 Å². The fourth-order valence-corrected chi connectivity index (χ4v) is 2.75. The zero-order valence-electron chi connectivity index (χ0n) is 8.52. The molecule has 0 unspecified atom stereocenters. The van der Waals surface area contributed by atoms with E-state index in [1.165, 1.54) is 0 Å². The average Bonchev–Trinajstić information content (AvgIpc) is 2.73. The Morgan fingerprint density at radius 2 is 2.00 bits per heavy atom. The number of hydrogen-bond acceptors (Lipinski definition) is 3. The van der Waals surface area contributed by atoms with Crippen LogP contribution >= 0.6 is 27.3 Å². The van der Waals surface area contributed by atoms with Gasteiger partial charge in [0.25, 0.3) is 0 Å². The third-order valence-electron chi connectivity index (χ3n) is 2.14. The number of benzene rings is 1. The van der Waals surface area contributed by atoms with Gasteiger partial charge in [-0.3, -0.25) is 0 Å². The van der Waals surface area contributed by atoms with Crippen molar-refractivity contribution < 1.29 is 9.84 Å². The zero-order valence-corrected chi connectivity index (χ0v) is 10.9. The molecule has 0 aliphatic heterocycles. The second-order valence-corrected chi connectivity index (χ2v) is 5.81. The number of thiophene rings is 1. The summed E-state index contributed by atoms with van der Waals surface area (Å²) in [6.07, 6.45) is 0. The van der Waals surface area contributed by atoms with Crippen LogP contribution in [0.3, 0.4) is 0 Å². The number of aliphatic hydroxyl groups excluding tert-OH is 1. The highest BCUT2D eigenvalue weighted by atomic mass is 79.9. The van der Waals surface area contributed by atoms with Crippen LogP contribution in [0.15, 0.2) is 40.2 Å². The van der Waals surface area contributed by atoms with Gasteiger partial charge >= 0.3 is 0 Å². The summed E-state index contributed by atoms with van der Waals surface area (Å²) >= 11 is 5.06. The Balaban J connectivity index is 2.04. The number of halogens is 1. The van der Waals surface area contributed by atoms with Crippen molar-refractivity contribution >= 4 is 27.3 Å². The number of hydrogen-bond donors (Lipinski definition) is 1. The molecule has 1 aromatic carbocycles. The van der Waals surface area contributed by atoms with E-state index in [2.05, 4.69) is 15.9 Å². The van der Waals surface area contributed by atoms with Gasteiger partial charge in [-0.05, 0) is 34.1 Å². The highest BCUT2D eigenvalue weighted by molar-refractivity contribution is 9.11. The predicted molar refractivity (Wildman–Crippen MR) is 68.7 cm³/mol. The number of aliphatic hydroxyl groups is 1. The molecule has 1 aromatic heterocycles. The van der Waals surface area contributed by atoms with E-state index in [0.717, 1.165) is 20.0 Å². The second kappa shape index (κ2) is 5.48. The third kappa shape index (κ3) is 2.84. The molecule has 4 heteroatoms. The lowest BCUT2D eigenvalue weighted by Crippen LogP contribution is -1.96. The lowest BCUT2D eigenvalue weighted by atomic mass is 10.2. The first-order chi connectivity index (χ1) is 7.79. The Morgan fingerprint density at radius 1 is 1.19 bits per heavy atom. The van der Waals surface area contributed by atoms with Gasteiger partial charge in [0.05, 0.1) is 10.4 Å². The predicted octanol–water partition coefficient (Wildman–Crippen LogP) is 3.58. The maximum absolute atomic E-state index is 9.13. The molecule has 0 fully saturated rings. The van der Waals surface area contributed by atoms with Crippen molar-refractivity contribution in [3.63, 3.8) is 0 Å². The Kier molecular flexibility index (Phi) is 3.98. The van der Waals surface area contributed by atoms with E-state index in [-0.39, 0.29) is 6.61 Å². The Hall–Kier alpha value is -0.840. The molecule has 0 radical (unpaired) electrons. The molecule has 0 bridgehead atoms. The monoisotopic (exact) mass is 298 g/mol. The van der Waals surface area contributed by atoms with Crippen LogP contribution in [-0.4, -0.2) is 5.11 Å². The summed E-state index contributed by atoms with van der Waals surface area (Å²) in [7, 11) is 0. The van der Waals surface area contributed by atoms with Gasteiger partial charge in [-0.15, -0.1) is 11.3 Å². The number of rotatable bonds is 4. The van der Waals surface area contributed by atoms with Gasteiger partial charge in [-0.2, -0.15) is 0 Å². The molecule has 1 heterocycles. The molecule has 1 N–H and O–H groups in total. The molecule has 0 amide bonds. The summed E-state index contributed by atoms with van der Waals surface area (Å²) in [4.78, 5) is 1.15. The summed E-state index contributed by atoms with van der Waals surface area (Å²) in [5, 5.41) is 9.13. The van der Waals surface area contributed by atoms with E-state index < -0.39 is 0 Å². The van der Waals surface area contributed by atoms with Gasteiger partial charge in [-0.1, -0.05) is 18.2 Å². The quantitative estimate of drug-likeness (QED) is 0.935. The average molecular weight is 299 g/mol. The molecule has 16 heavy (non-hydrogen) atoms. The van der Waals surface area contributed by atoms with Crippen LogP contribution in [0.2, 0.25) is 0 Å². The number of ether oxygens (including phenoxy) is 1. The molecule has 0 aliphatic carbocycles. The van der Waals surface area contributed by atoms with Gasteiger partial charge in [0.1, 0.15) is 12.4 Å². The van der Waals surface area contributed by atoms with Gasteiger partial charge in [0.2, 0.25) is 0 Å². The van der Waals surface area contributed by atoms with Crippen LogP contribution in [-0.2, 0) is 13.2 Å². The van der Waals surface area contributed by atoms with Crippen LogP contribution < -0.4 is 4.74 Å². The van der Waals surface area contributed by atoms with Gasteiger partial charge < -0.3 is 9.84 Å². The summed E-state index contributed by atoms with van der Waals surface area (Å²) in [6.45, 7) is 0.539. The van der Waals surface area contributed by atoms with Crippen LogP contribution in [0.25, 0.3) is 0 Å². The fourth-order valence-electron chi connectivity index (χ4n) is 1.35. The topological polar surface area (TPSA) is 29.5 Å². The van der Waals surface area contributed by atoms with E-state index in [4.69, 9.17) is 9.84 Å². The Morgan fingerprint density at radius 3 is 2.69 bits per heavy atom. The van der Waals surface area contributed by atoms with Crippen LogP contribution in [0, 0.1) is 0 Å². The Labute approximate surface area is 107 Å². The first-order valence-corrected chi connectivity index (χ1v) is 6.46. The van der Waals surface area contributed by atoms with Crippen molar-refractivity contribution in [2.45, 2.75) is 13.2 Å². The van der Waals surface area contributed by atoms with Crippen LogP contribution in [0.5, 0.6) is 5.75 Å². The molecule has 0 saturated heterocycles. The van der Waals surface area contributed by atoms with Crippen LogP contribution in [0.1, 0.15) is 10.4 Å². The molecule has 0 saturated carbocycles. The smallest absolute Gasteiger partial charge is 0.125 e. The zero-order chi connectivity index (χ0) is 11.4. The minimum atomic E-state index is 0.00427. The van der Waals surface area contributed by atoms with Crippen molar-refractivity contribution in [2.75, 3.05) is 0 Å². The Bertz CT molecular complexity index is 468. The molecule has 2 nitrogen and oxygen atoms in total. The van der Waals surface area contributed by atoms with Crippen molar-refractivity contribution in [3.05, 3.63) is 50.6 Å². The largest absolute Gasteiger partial charge is 0.488 e. The summed E-state index contributed by atoms with van der Waals surface area (Å²) in [5.41, 5.74) is 0.818. The van der Waals surface area contributed by atoms with E-state index in [0.29, 0.717) is 6.61 Å². The van der Waals surface area contributed by atoms with E-state index in [1.54, 1.807) is 11.3 Å². The van der Waals surface area contributed by atoms with Gasteiger partial charge in [-0.25, -0.2) is 0 Å². The maximum atomic E-state index is 9.13. The maximum Gasteiger partial charge on any atom is 0.125 e. The molecular formula is C12H11BrO2S. The van der Waals surface area contributed by atoms with Crippen molar-refractivity contribution in [2.24, 2.45) is 0 Å². The van der Waals surface area contributed by atoms with E-state index in [9.17, 15) is 0 Å². The lowest BCUT2D eigenvalue weighted by Gasteiger charge is -2.08. The minimum Gasteiger partial charge on any atom is -0.488 e. The van der Waals surface area contributed by atoms with Gasteiger partial charge in [0.15, 0.2) is 0 Å². The van der Waals surface area contributed by atoms with E-state index >= 15 is 0 Å². The summed E-state index contributed by atoms with van der Waals surface area (Å²) in [5.74, 6) is 0.745. The minimum absolute atomic E-state index is 0.00427. The first-order valence-electron chi connectivity index (χ1n) is 4.85. The normalized spacial score (nSPS) is 10.4. The van der Waals surface area contributed by atoms with Crippen LogP contribution in [0.4, 0.5) is 0 Å². The molecule has 2 rings (SSSR count). The second-order valence-electron chi connectivity index (χ2n) is 3.26. The molecular weight excluding hydrogens is 288 g/mol. The molecule has 0 spiro atoms. The highest BCUT2D eigenvalue weighted by Gasteiger charge is 2.03. The fraction of sp³-hybridized carbons (Fsp3) is 0.167. The third-order valence-corrected chi connectivity index (χ3v) is 3.74. The highest BCUT2D eigenvalue weighted by Crippen LogP contribution is 2.24. The van der Waals surface area contributed by atoms with E-state index in [1.807, 2.05) is 36.4 Å². The summed E-state index contributed by atoms with van der Waals surface area (Å²) < 4.78 is 6.76. The van der Waals surface area contributed by atoms with Crippen molar-refractivity contribution in [1.29, 1.82) is 0 Å².